The van der Waals surface area contributed by atoms with Crippen molar-refractivity contribution in [2.24, 2.45) is 0 Å². The Bertz CT molecular complexity index is 574. The first-order valence-electron chi connectivity index (χ1n) is 6.21. The quantitative estimate of drug-likeness (QED) is 0.358. The zero-order valence-corrected chi connectivity index (χ0v) is 14.6. The van der Waals surface area contributed by atoms with Gasteiger partial charge >= 0.3 is 84.8 Å². The molecule has 16 heteroatoms. The molecule has 1 fully saturated rings. The molecular formula is C9H12F9KO4SSi. The average Bonchev–Trinajstić information content (AvgIpc) is 2.36. The Kier molecular flexibility index (Phi) is 8.19. The second-order valence-electron chi connectivity index (χ2n) is 5.14. The van der Waals surface area contributed by atoms with Crippen LogP contribution in [0.15, 0.2) is 0 Å². The Morgan fingerprint density at radius 1 is 0.920 bits per heavy atom. The number of hydrogen-bond donors (Lipinski definition) is 0. The van der Waals surface area contributed by atoms with E-state index in [0.717, 1.165) is 0 Å². The van der Waals surface area contributed by atoms with Gasteiger partial charge < -0.3 is 4.74 Å². The van der Waals surface area contributed by atoms with Gasteiger partial charge in [0.05, 0.1) is 10.2 Å². The van der Waals surface area contributed by atoms with Crippen LogP contribution in [-0.2, 0) is 19.0 Å². The summed E-state index contributed by atoms with van der Waals surface area (Å²) < 4.78 is 146. The summed E-state index contributed by atoms with van der Waals surface area (Å²) in [6.45, 7) is -0.181. The molecule has 1 atom stereocenters. The van der Waals surface area contributed by atoms with E-state index in [2.05, 4.69) is 4.18 Å². The molecule has 4 nitrogen and oxygen atoms in total. The number of rotatable bonds is 5. The number of ether oxygens (including phenoxy) is 1. The summed E-state index contributed by atoms with van der Waals surface area (Å²) >= 11 is 0. The first-order chi connectivity index (χ1) is 10.4. The SMILES string of the molecule is O=S(=O)(OC1([SiH3])CCCCO1)C(F)(F)C(F)(F)C(F)(F)C(F)(F)F.[KH]. The Labute approximate surface area is 181 Å². The molecule has 0 aromatic heterocycles. The predicted molar refractivity (Wildman–Crippen MR) is 70.5 cm³/mol. The van der Waals surface area contributed by atoms with Crippen LogP contribution in [0.3, 0.4) is 0 Å². The van der Waals surface area contributed by atoms with E-state index in [9.17, 15) is 47.9 Å². The van der Waals surface area contributed by atoms with Crippen LogP contribution >= 0.6 is 0 Å². The van der Waals surface area contributed by atoms with Gasteiger partial charge in [0.25, 0.3) is 0 Å². The van der Waals surface area contributed by atoms with Crippen LogP contribution < -0.4 is 0 Å². The van der Waals surface area contributed by atoms with E-state index in [-0.39, 0.29) is 70.8 Å². The molecule has 1 unspecified atom stereocenters. The molecule has 0 aromatic carbocycles. The van der Waals surface area contributed by atoms with Crippen LogP contribution in [0.4, 0.5) is 39.5 Å². The van der Waals surface area contributed by atoms with Crippen LogP contribution in [0.2, 0.25) is 0 Å². The second-order valence-corrected chi connectivity index (χ2v) is 8.25. The Morgan fingerprint density at radius 3 is 1.76 bits per heavy atom. The number of alkyl halides is 9. The van der Waals surface area contributed by atoms with Gasteiger partial charge in [0.2, 0.25) is 0 Å². The summed E-state index contributed by atoms with van der Waals surface area (Å²) in [5.74, 6) is -14.6. The Morgan fingerprint density at radius 2 is 1.40 bits per heavy atom. The predicted octanol–water partition coefficient (Wildman–Crippen LogP) is 1.33. The summed E-state index contributed by atoms with van der Waals surface area (Å²) in [5.41, 5.74) is -2.25. The van der Waals surface area contributed by atoms with E-state index in [4.69, 9.17) is 4.74 Å². The van der Waals surface area contributed by atoms with Crippen LogP contribution in [-0.4, -0.2) is 105 Å². The fourth-order valence-electron chi connectivity index (χ4n) is 1.78. The van der Waals surface area contributed by atoms with Crippen molar-refractivity contribution in [1.29, 1.82) is 0 Å². The first kappa shape index (κ1) is 26.1. The van der Waals surface area contributed by atoms with Crippen molar-refractivity contribution in [1.82, 2.24) is 0 Å². The fraction of sp³-hybridized carbons (Fsp3) is 1.00. The van der Waals surface area contributed by atoms with Crippen molar-refractivity contribution in [3.05, 3.63) is 0 Å². The van der Waals surface area contributed by atoms with Crippen molar-refractivity contribution < 1.29 is 56.9 Å². The van der Waals surface area contributed by atoms with Crippen LogP contribution in [0.1, 0.15) is 19.3 Å². The summed E-state index contributed by atoms with van der Waals surface area (Å²) in [7, 11) is -7.32. The summed E-state index contributed by atoms with van der Waals surface area (Å²) in [5, 5.41) is -6.85. The summed E-state index contributed by atoms with van der Waals surface area (Å²) in [4.78, 5) is 0. The molecule has 0 spiro atoms. The van der Waals surface area contributed by atoms with E-state index in [0.29, 0.717) is 6.42 Å². The molecular weight excluding hydrogens is 442 g/mol. The van der Waals surface area contributed by atoms with E-state index >= 15 is 0 Å². The molecule has 1 aliphatic heterocycles. The third kappa shape index (κ3) is 4.75. The minimum absolute atomic E-state index is 0. The van der Waals surface area contributed by atoms with Crippen molar-refractivity contribution in [2.45, 2.75) is 47.9 Å². The topological polar surface area (TPSA) is 52.6 Å². The maximum absolute atomic E-state index is 13.4. The van der Waals surface area contributed by atoms with Crippen LogP contribution in [0.25, 0.3) is 0 Å². The van der Waals surface area contributed by atoms with Crippen molar-refractivity contribution in [3.8, 4) is 0 Å². The van der Waals surface area contributed by atoms with Gasteiger partial charge in [-0.05, 0) is 19.3 Å². The van der Waals surface area contributed by atoms with Crippen molar-refractivity contribution in [2.75, 3.05) is 6.61 Å². The van der Waals surface area contributed by atoms with Gasteiger partial charge in [-0.15, -0.1) is 0 Å². The summed E-state index contributed by atoms with van der Waals surface area (Å²) in [6, 6.07) is 0. The van der Waals surface area contributed by atoms with Gasteiger partial charge in [-0.1, -0.05) is 0 Å². The molecule has 1 aliphatic rings. The van der Waals surface area contributed by atoms with Gasteiger partial charge in [-0.2, -0.15) is 47.9 Å². The third-order valence-corrected chi connectivity index (χ3v) is 5.89. The molecule has 0 bridgehead atoms. The normalized spacial score (nSPS) is 24.0. The van der Waals surface area contributed by atoms with Crippen LogP contribution in [0, 0.1) is 0 Å². The molecule has 0 aromatic rings. The van der Waals surface area contributed by atoms with Crippen LogP contribution in [0.5, 0.6) is 0 Å². The molecule has 0 N–H and O–H groups in total. The molecule has 0 radical (unpaired) electrons. The second kappa shape index (κ2) is 7.84. The van der Waals surface area contributed by atoms with E-state index < -0.39 is 49.0 Å². The van der Waals surface area contributed by atoms with Gasteiger partial charge in [0.1, 0.15) is 0 Å². The minimum atomic E-state index is -7.31. The van der Waals surface area contributed by atoms with E-state index in [1.54, 1.807) is 0 Å². The third-order valence-electron chi connectivity index (χ3n) is 3.15. The first-order valence-corrected chi connectivity index (χ1v) is 8.61. The molecule has 1 heterocycles. The molecule has 1 rings (SSSR count). The Balaban J connectivity index is 0.00000576. The average molecular weight is 454 g/mol. The van der Waals surface area contributed by atoms with E-state index in [1.807, 2.05) is 0 Å². The van der Waals surface area contributed by atoms with Crippen molar-refractivity contribution in [3.63, 3.8) is 0 Å². The van der Waals surface area contributed by atoms with Gasteiger partial charge in [0, 0.05) is 6.61 Å². The van der Waals surface area contributed by atoms with E-state index in [1.165, 1.54) is 0 Å². The van der Waals surface area contributed by atoms with Gasteiger partial charge in [-0.3, -0.25) is 0 Å². The summed E-state index contributed by atoms with van der Waals surface area (Å²) in [6.07, 6.45) is -6.88. The molecule has 25 heavy (non-hydrogen) atoms. The Hall–Kier alpha value is 1.09. The molecule has 146 valence electrons. The number of hydrogen-bond acceptors (Lipinski definition) is 4. The standard InChI is InChI=1S/C9H11F9O4SSi.K.H/c10-6(11,8(14,15)16)7(12,13)9(17,18)23(19,20)22-5(24)3-1-2-4-21-5;;/h1-4H2,24H3;;. The zero-order valence-electron chi connectivity index (χ0n) is 11.8. The van der Waals surface area contributed by atoms with Crippen molar-refractivity contribution >= 4 is 71.7 Å². The molecule has 0 aliphatic carbocycles. The monoisotopic (exact) mass is 454 g/mol. The maximum atomic E-state index is 13.4. The molecule has 0 saturated carbocycles. The fourth-order valence-corrected chi connectivity index (χ4v) is 4.13. The number of halogens is 9. The van der Waals surface area contributed by atoms with Gasteiger partial charge in [0.15, 0.2) is 5.41 Å². The van der Waals surface area contributed by atoms with Gasteiger partial charge in [-0.25, -0.2) is 4.18 Å². The molecule has 0 amide bonds. The molecule has 1 saturated heterocycles. The zero-order chi connectivity index (χ0) is 19.2.